The topological polar surface area (TPSA) is 96.6 Å². The fourth-order valence-corrected chi connectivity index (χ4v) is 2.13. The molecule has 0 fully saturated rings. The molecule has 0 aliphatic heterocycles. The van der Waals surface area contributed by atoms with E-state index in [1.165, 1.54) is 0 Å². The van der Waals surface area contributed by atoms with Gasteiger partial charge in [-0.15, -0.1) is 0 Å². The Kier molecular flexibility index (Phi) is 17.4. The van der Waals surface area contributed by atoms with Crippen LogP contribution in [0.4, 0.5) is 0 Å². The van der Waals surface area contributed by atoms with Crippen molar-refractivity contribution in [1.29, 1.82) is 0 Å². The largest absolute Gasteiger partial charge is 1.00 e. The Morgan fingerprint density at radius 1 is 1.35 bits per heavy atom. The van der Waals surface area contributed by atoms with Crippen LogP contribution in [0.5, 0.6) is 0 Å². The molecule has 5 N–H and O–H groups in total. The van der Waals surface area contributed by atoms with Gasteiger partial charge in [0.2, 0.25) is 0 Å². The fraction of sp³-hybridized carbons (Fsp3) is 1.00. The van der Waals surface area contributed by atoms with Gasteiger partial charge < -0.3 is 17.4 Å². The van der Waals surface area contributed by atoms with Crippen LogP contribution in [0.15, 0.2) is 0 Å². The molecule has 100 valence electrons. The second-order valence-electron chi connectivity index (χ2n) is 3.59. The van der Waals surface area contributed by atoms with Gasteiger partial charge in [0.1, 0.15) is 0 Å². The van der Waals surface area contributed by atoms with Gasteiger partial charge in [0.05, 0.1) is 6.16 Å². The van der Waals surface area contributed by atoms with Crippen LogP contribution in [0.2, 0.25) is 0 Å². The average Bonchev–Trinajstić information content (AvgIpc) is 2.23. The van der Waals surface area contributed by atoms with Crippen LogP contribution >= 0.6 is 7.60 Å². The summed E-state index contributed by atoms with van der Waals surface area (Å²) < 4.78 is 16.2. The van der Waals surface area contributed by atoms with E-state index in [1.54, 1.807) is 0 Å². The minimum absolute atomic E-state index is 0. The summed E-state index contributed by atoms with van der Waals surface area (Å²) in [7, 11) is -3.44. The van der Waals surface area contributed by atoms with Crippen molar-refractivity contribution in [2.45, 2.75) is 26.2 Å². The number of hydrogen-bond donors (Lipinski definition) is 4. The third-order valence-electron chi connectivity index (χ3n) is 1.98. The first-order valence-electron chi connectivity index (χ1n) is 5.76. The summed E-state index contributed by atoms with van der Waals surface area (Å²) >= 11 is 0. The predicted octanol–water partition coefficient (Wildman–Crippen LogP) is -2.45. The number of nitrogens with two attached hydrogens (primary N) is 1. The van der Waals surface area contributed by atoms with Crippen molar-refractivity contribution in [3.05, 3.63) is 0 Å². The molecule has 0 aliphatic rings. The molecule has 0 amide bonds. The van der Waals surface area contributed by atoms with Gasteiger partial charge in [0.25, 0.3) is 0 Å². The van der Waals surface area contributed by atoms with Crippen LogP contribution in [-0.2, 0) is 9.19 Å². The normalized spacial score (nSPS) is 14.1. The van der Waals surface area contributed by atoms with Gasteiger partial charge in [-0.05, 0) is 6.42 Å². The summed E-state index contributed by atoms with van der Waals surface area (Å²) in [6.07, 6.45) is 2.91. The molecular weight excluding hydrogens is 268 g/mol. The van der Waals surface area contributed by atoms with Crippen LogP contribution in [0.1, 0.15) is 27.6 Å². The molecule has 0 rings (SSSR count). The summed E-state index contributed by atoms with van der Waals surface area (Å²) in [5.74, 6) is 0. The monoisotopic (exact) mass is 293 g/mol. The summed E-state index contributed by atoms with van der Waals surface area (Å²) in [6, 6.07) is 0. The standard InChI is InChI=1S/C9H24N3O3P.K.H/c1-2-3-4-9-16(13,14)15-12-8-7-11-6-5-10;;/h11-12H,2-10H2,1H3,(H,13,14);;/q;+1;-1. The minimum Gasteiger partial charge on any atom is -1.00 e. The van der Waals surface area contributed by atoms with Gasteiger partial charge in [-0.2, -0.15) is 5.48 Å². The molecule has 0 aromatic carbocycles. The third kappa shape index (κ3) is 15.6. The third-order valence-corrected chi connectivity index (χ3v) is 3.27. The average molecular weight is 293 g/mol. The smallest absolute Gasteiger partial charge is 1.00 e. The molecule has 6 nitrogen and oxygen atoms in total. The zero-order chi connectivity index (χ0) is 12.3. The minimum atomic E-state index is -3.44. The Balaban J connectivity index is -0.00000112. The maximum atomic E-state index is 11.4. The zero-order valence-electron chi connectivity index (χ0n) is 11.9. The second-order valence-corrected chi connectivity index (χ2v) is 5.50. The molecule has 0 bridgehead atoms. The molecule has 1 atom stereocenters. The van der Waals surface area contributed by atoms with Crippen LogP contribution < -0.4 is 67.9 Å². The van der Waals surface area contributed by atoms with Gasteiger partial charge in [-0.3, -0.25) is 4.57 Å². The molecular formula is C9H25KN3O3P. The Morgan fingerprint density at radius 3 is 2.65 bits per heavy atom. The first kappa shape index (κ1) is 21.0. The molecule has 0 saturated heterocycles. The number of hydroxylamine groups is 1. The summed E-state index contributed by atoms with van der Waals surface area (Å²) in [6.45, 7) is 4.50. The number of hydrogen-bond acceptors (Lipinski definition) is 5. The maximum Gasteiger partial charge on any atom is 1.00 e. The van der Waals surface area contributed by atoms with E-state index in [0.717, 1.165) is 25.8 Å². The van der Waals surface area contributed by atoms with Gasteiger partial charge >= 0.3 is 59.0 Å². The maximum absolute atomic E-state index is 11.4. The first-order valence-corrected chi connectivity index (χ1v) is 7.52. The van der Waals surface area contributed by atoms with Crippen LogP contribution in [-0.4, -0.2) is 37.2 Å². The molecule has 0 aromatic rings. The van der Waals surface area contributed by atoms with Gasteiger partial charge in [-0.1, -0.05) is 19.8 Å². The van der Waals surface area contributed by atoms with Gasteiger partial charge in [-0.25, -0.2) is 4.62 Å². The van der Waals surface area contributed by atoms with E-state index in [0.29, 0.717) is 19.6 Å². The van der Waals surface area contributed by atoms with E-state index in [1.807, 2.05) is 6.92 Å². The van der Waals surface area contributed by atoms with Crippen molar-refractivity contribution >= 4 is 7.60 Å². The Labute approximate surface area is 148 Å². The van der Waals surface area contributed by atoms with E-state index in [9.17, 15) is 9.46 Å². The molecule has 8 heteroatoms. The van der Waals surface area contributed by atoms with Crippen LogP contribution in [0.25, 0.3) is 0 Å². The summed E-state index contributed by atoms with van der Waals surface area (Å²) in [5, 5.41) is 3.03. The van der Waals surface area contributed by atoms with Crippen molar-refractivity contribution in [2.24, 2.45) is 5.73 Å². The SMILES string of the molecule is CCCCCP(=O)(O)ONCCNCCN.[H-].[K+]. The molecule has 1 unspecified atom stereocenters. The zero-order valence-corrected chi connectivity index (χ0v) is 15.0. The van der Waals surface area contributed by atoms with Crippen LogP contribution in [0, 0.1) is 0 Å². The van der Waals surface area contributed by atoms with Crippen molar-refractivity contribution in [3.63, 3.8) is 0 Å². The predicted molar refractivity (Wildman–Crippen MR) is 66.3 cm³/mol. The molecule has 0 spiro atoms. The van der Waals surface area contributed by atoms with Crippen molar-refractivity contribution in [3.8, 4) is 0 Å². The molecule has 0 radical (unpaired) electrons. The molecule has 0 aromatic heterocycles. The molecule has 0 saturated carbocycles. The quantitative estimate of drug-likeness (QED) is 0.146. The van der Waals surface area contributed by atoms with E-state index >= 15 is 0 Å². The Morgan fingerprint density at radius 2 is 2.06 bits per heavy atom. The van der Waals surface area contributed by atoms with Crippen LogP contribution in [0.3, 0.4) is 0 Å². The molecule has 0 heterocycles. The van der Waals surface area contributed by atoms with E-state index in [-0.39, 0.29) is 59.0 Å². The van der Waals surface area contributed by atoms with Gasteiger partial charge in [0.15, 0.2) is 0 Å². The summed E-state index contributed by atoms with van der Waals surface area (Å²) in [5.41, 5.74) is 7.78. The number of rotatable bonds is 11. The summed E-state index contributed by atoms with van der Waals surface area (Å²) in [4.78, 5) is 9.37. The molecule has 17 heavy (non-hydrogen) atoms. The van der Waals surface area contributed by atoms with Crippen molar-refractivity contribution in [2.75, 3.05) is 32.3 Å². The van der Waals surface area contributed by atoms with Crippen molar-refractivity contribution < 1.29 is 66.9 Å². The van der Waals surface area contributed by atoms with E-state index in [2.05, 4.69) is 10.8 Å². The first-order chi connectivity index (χ1) is 7.62. The fourth-order valence-electron chi connectivity index (χ4n) is 1.12. The van der Waals surface area contributed by atoms with E-state index in [4.69, 9.17) is 10.4 Å². The second kappa shape index (κ2) is 14.1. The Hall–Kier alpha value is 1.67. The number of nitrogens with one attached hydrogen (secondary N) is 2. The van der Waals surface area contributed by atoms with E-state index < -0.39 is 7.60 Å². The Bertz CT molecular complexity index is 215. The number of unbranched alkanes of at least 4 members (excludes halogenated alkanes) is 2. The van der Waals surface area contributed by atoms with Crippen molar-refractivity contribution in [1.82, 2.24) is 10.8 Å². The molecule has 0 aliphatic carbocycles. The van der Waals surface area contributed by atoms with Gasteiger partial charge in [0, 0.05) is 26.2 Å².